The molecule has 1 atom stereocenters. The second-order valence-corrected chi connectivity index (χ2v) is 8.82. The number of unbranched alkanes of at least 4 members (excludes halogenated alkanes) is 1. The molecule has 0 radical (unpaired) electrons. The highest BCUT2D eigenvalue weighted by Crippen LogP contribution is 2.18. The average Bonchev–Trinajstić information content (AvgIpc) is 3.30. The lowest BCUT2D eigenvalue weighted by Crippen LogP contribution is -2.40. The van der Waals surface area contributed by atoms with Crippen LogP contribution in [0.2, 0.25) is 0 Å². The van der Waals surface area contributed by atoms with E-state index in [9.17, 15) is 4.79 Å². The van der Waals surface area contributed by atoms with E-state index in [1.165, 1.54) is 9.75 Å². The third-order valence-corrected chi connectivity index (χ3v) is 5.72. The minimum atomic E-state index is -0.237. The number of hydrogen-bond donors (Lipinski definition) is 1. The maximum absolute atomic E-state index is 12.7. The highest BCUT2D eigenvalue weighted by Gasteiger charge is 2.19. The summed E-state index contributed by atoms with van der Waals surface area (Å²) in [6.45, 7) is 8.03. The normalized spacial score (nSPS) is 12.3. The summed E-state index contributed by atoms with van der Waals surface area (Å²) >= 11 is 3.33. The standard InChI is InChI=1S/C20H30N2O2S2/c1-4-5-8-17(21-16(2)3)15-24-20(23)22(13-18-9-6-11-25-18)14-19-10-7-12-26-19/h6-7,9-12,16-17,21H,4-5,8,13-15H2,1-3H3/t17-/m0/s1. The van der Waals surface area contributed by atoms with E-state index in [-0.39, 0.29) is 12.1 Å². The molecular formula is C20H30N2O2S2. The van der Waals surface area contributed by atoms with Gasteiger partial charge in [-0.1, -0.05) is 45.7 Å². The molecule has 0 saturated heterocycles. The van der Waals surface area contributed by atoms with Gasteiger partial charge in [0.05, 0.1) is 13.1 Å². The van der Waals surface area contributed by atoms with Gasteiger partial charge in [-0.15, -0.1) is 22.7 Å². The third-order valence-electron chi connectivity index (χ3n) is 3.99. The molecule has 2 heterocycles. The van der Waals surface area contributed by atoms with Crippen LogP contribution in [0.4, 0.5) is 4.79 Å². The molecule has 4 nitrogen and oxygen atoms in total. The van der Waals surface area contributed by atoms with E-state index in [2.05, 4.69) is 38.2 Å². The summed E-state index contributed by atoms with van der Waals surface area (Å²) < 4.78 is 5.70. The maximum atomic E-state index is 12.7. The molecule has 144 valence electrons. The molecule has 0 aliphatic heterocycles. The Bertz CT molecular complexity index is 576. The third kappa shape index (κ3) is 7.48. The summed E-state index contributed by atoms with van der Waals surface area (Å²) in [5, 5.41) is 7.59. The maximum Gasteiger partial charge on any atom is 0.410 e. The van der Waals surface area contributed by atoms with Crippen molar-refractivity contribution < 1.29 is 9.53 Å². The van der Waals surface area contributed by atoms with Crippen molar-refractivity contribution in [3.8, 4) is 0 Å². The molecule has 26 heavy (non-hydrogen) atoms. The molecular weight excluding hydrogens is 364 g/mol. The number of carbonyl (C=O) groups is 1. The largest absolute Gasteiger partial charge is 0.448 e. The average molecular weight is 395 g/mol. The zero-order valence-corrected chi connectivity index (χ0v) is 17.6. The van der Waals surface area contributed by atoms with Crippen LogP contribution in [-0.4, -0.2) is 29.7 Å². The quantitative estimate of drug-likeness (QED) is 0.547. The fraction of sp³-hybridized carbons (Fsp3) is 0.550. The van der Waals surface area contributed by atoms with Gasteiger partial charge in [0, 0.05) is 21.8 Å². The van der Waals surface area contributed by atoms with Gasteiger partial charge in [0.1, 0.15) is 6.61 Å². The van der Waals surface area contributed by atoms with Crippen molar-refractivity contribution in [3.05, 3.63) is 44.8 Å². The zero-order valence-electron chi connectivity index (χ0n) is 15.9. The zero-order chi connectivity index (χ0) is 18.8. The van der Waals surface area contributed by atoms with E-state index in [0.29, 0.717) is 25.7 Å². The molecule has 2 aromatic heterocycles. The van der Waals surface area contributed by atoms with Crippen LogP contribution in [0.15, 0.2) is 35.0 Å². The molecule has 6 heteroatoms. The Morgan fingerprint density at radius 1 is 1.15 bits per heavy atom. The Hall–Kier alpha value is -1.37. The van der Waals surface area contributed by atoms with Crippen LogP contribution in [0.3, 0.4) is 0 Å². The van der Waals surface area contributed by atoms with Gasteiger partial charge in [0.25, 0.3) is 0 Å². The van der Waals surface area contributed by atoms with Crippen LogP contribution in [0.1, 0.15) is 49.8 Å². The summed E-state index contributed by atoms with van der Waals surface area (Å²) in [6.07, 6.45) is 3.07. The fourth-order valence-corrected chi connectivity index (χ4v) is 4.21. The Morgan fingerprint density at radius 2 is 1.77 bits per heavy atom. The van der Waals surface area contributed by atoms with E-state index in [1.54, 1.807) is 27.6 Å². The van der Waals surface area contributed by atoms with Crippen molar-refractivity contribution in [2.75, 3.05) is 6.61 Å². The van der Waals surface area contributed by atoms with Crippen molar-refractivity contribution in [1.82, 2.24) is 10.2 Å². The molecule has 0 aliphatic carbocycles. The number of ether oxygens (including phenoxy) is 1. The SMILES string of the molecule is CCCC[C@@H](COC(=O)N(Cc1cccs1)Cc1cccs1)NC(C)C. The summed E-state index contributed by atoms with van der Waals surface area (Å²) in [6, 6.07) is 8.74. The Balaban J connectivity index is 1.95. The lowest BCUT2D eigenvalue weighted by Gasteiger charge is -2.25. The Morgan fingerprint density at radius 3 is 2.23 bits per heavy atom. The van der Waals surface area contributed by atoms with Gasteiger partial charge in [-0.05, 0) is 29.3 Å². The molecule has 0 aromatic carbocycles. The van der Waals surface area contributed by atoms with Crippen LogP contribution in [0, 0.1) is 0 Å². The van der Waals surface area contributed by atoms with E-state index < -0.39 is 0 Å². The van der Waals surface area contributed by atoms with Gasteiger partial charge in [-0.25, -0.2) is 4.79 Å². The highest BCUT2D eigenvalue weighted by molar-refractivity contribution is 7.10. The van der Waals surface area contributed by atoms with Crippen molar-refractivity contribution >= 4 is 28.8 Å². The first-order valence-electron chi connectivity index (χ1n) is 9.31. The van der Waals surface area contributed by atoms with Gasteiger partial charge in [0.2, 0.25) is 0 Å². The van der Waals surface area contributed by atoms with Crippen molar-refractivity contribution in [1.29, 1.82) is 0 Å². The van der Waals surface area contributed by atoms with Crippen LogP contribution in [-0.2, 0) is 17.8 Å². The molecule has 1 amide bonds. The number of rotatable bonds is 11. The van der Waals surface area contributed by atoms with Crippen LogP contribution in [0.25, 0.3) is 0 Å². The highest BCUT2D eigenvalue weighted by atomic mass is 32.1. The molecule has 0 bridgehead atoms. The molecule has 1 N–H and O–H groups in total. The summed E-state index contributed by atoms with van der Waals surface area (Å²) in [5.74, 6) is 0. The van der Waals surface area contributed by atoms with Crippen molar-refractivity contribution in [3.63, 3.8) is 0 Å². The molecule has 0 unspecified atom stereocenters. The van der Waals surface area contributed by atoms with Gasteiger partial charge >= 0.3 is 6.09 Å². The first-order chi connectivity index (χ1) is 12.6. The molecule has 0 fully saturated rings. The molecule has 2 rings (SSSR count). The molecule has 0 spiro atoms. The van der Waals surface area contributed by atoms with Gasteiger partial charge < -0.3 is 10.1 Å². The predicted octanol–water partition coefficient (Wildman–Crippen LogP) is 5.51. The smallest absolute Gasteiger partial charge is 0.410 e. The Kier molecular flexibility index (Phi) is 9.15. The monoisotopic (exact) mass is 394 g/mol. The van der Waals surface area contributed by atoms with Crippen molar-refractivity contribution in [2.24, 2.45) is 0 Å². The summed E-state index contributed by atoms with van der Waals surface area (Å²) in [4.78, 5) is 16.9. The topological polar surface area (TPSA) is 41.6 Å². The summed E-state index contributed by atoms with van der Waals surface area (Å²) in [7, 11) is 0. The first kappa shape index (κ1) is 20.9. The van der Waals surface area contributed by atoms with E-state index >= 15 is 0 Å². The lowest BCUT2D eigenvalue weighted by molar-refractivity contribution is 0.0862. The predicted molar refractivity (Wildman–Crippen MR) is 111 cm³/mol. The minimum Gasteiger partial charge on any atom is -0.448 e. The molecule has 0 aliphatic rings. The lowest BCUT2D eigenvalue weighted by atomic mass is 10.1. The molecule has 2 aromatic rings. The van der Waals surface area contributed by atoms with Gasteiger partial charge in [0.15, 0.2) is 0 Å². The number of amides is 1. The van der Waals surface area contributed by atoms with Crippen molar-refractivity contribution in [2.45, 2.75) is 65.2 Å². The van der Waals surface area contributed by atoms with E-state index in [1.807, 2.05) is 22.9 Å². The number of nitrogens with one attached hydrogen (secondary N) is 1. The fourth-order valence-electron chi connectivity index (χ4n) is 2.77. The first-order valence-corrected chi connectivity index (χ1v) is 11.1. The second kappa shape index (κ2) is 11.4. The van der Waals surface area contributed by atoms with Crippen LogP contribution in [0.5, 0.6) is 0 Å². The van der Waals surface area contributed by atoms with Crippen LogP contribution < -0.4 is 5.32 Å². The summed E-state index contributed by atoms with van der Waals surface area (Å²) in [5.41, 5.74) is 0. The van der Waals surface area contributed by atoms with E-state index in [4.69, 9.17) is 4.74 Å². The number of nitrogens with zero attached hydrogens (tertiary/aromatic N) is 1. The van der Waals surface area contributed by atoms with Crippen LogP contribution >= 0.6 is 22.7 Å². The Labute approximate surface area is 165 Å². The second-order valence-electron chi connectivity index (χ2n) is 6.75. The number of hydrogen-bond acceptors (Lipinski definition) is 5. The number of carbonyl (C=O) groups excluding carboxylic acids is 1. The van der Waals surface area contributed by atoms with Gasteiger partial charge in [-0.2, -0.15) is 0 Å². The minimum absolute atomic E-state index is 0.212. The number of thiophene rings is 2. The molecule has 0 saturated carbocycles. The van der Waals surface area contributed by atoms with E-state index in [0.717, 1.165) is 19.3 Å². The van der Waals surface area contributed by atoms with Gasteiger partial charge in [-0.3, -0.25) is 4.90 Å².